The molecule has 0 atom stereocenters. The van der Waals surface area contributed by atoms with E-state index in [1.165, 1.54) is 0 Å². The highest BCUT2D eigenvalue weighted by atomic mass is 35.5. The Morgan fingerprint density at radius 2 is 2.00 bits per heavy atom. The third kappa shape index (κ3) is 4.09. The second-order valence-electron chi connectivity index (χ2n) is 4.47. The molecule has 1 aromatic carbocycles. The van der Waals surface area contributed by atoms with Crippen LogP contribution in [0.3, 0.4) is 0 Å². The molecular weight excluding hydrogens is 224 g/mol. The van der Waals surface area contributed by atoms with E-state index in [2.05, 4.69) is 31.1 Å². The van der Waals surface area contributed by atoms with Crippen LogP contribution < -0.4 is 0 Å². The minimum Gasteiger partial charge on any atom is -0.392 e. The van der Waals surface area contributed by atoms with Crippen molar-refractivity contribution in [1.82, 2.24) is 0 Å². The minimum atomic E-state index is -1.35. The normalized spacial score (nSPS) is 10.7. The lowest BCUT2D eigenvalue weighted by Gasteiger charge is -2.04. The first-order chi connectivity index (χ1) is 6.92. The molecule has 0 unspecified atom stereocenters. The van der Waals surface area contributed by atoms with E-state index >= 15 is 0 Å². The zero-order valence-corrected chi connectivity index (χ0v) is 11.0. The Bertz CT molecular complexity index is 410. The summed E-state index contributed by atoms with van der Waals surface area (Å²) in [6, 6.07) is 5.47. The number of hydrogen-bond donors (Lipinski definition) is 1. The van der Waals surface area contributed by atoms with Crippen LogP contribution in [0.4, 0.5) is 0 Å². The second kappa shape index (κ2) is 4.85. The van der Waals surface area contributed by atoms with Crippen LogP contribution >= 0.6 is 11.6 Å². The van der Waals surface area contributed by atoms with E-state index in [0.29, 0.717) is 5.02 Å². The molecule has 0 radical (unpaired) electrons. The van der Waals surface area contributed by atoms with Crippen molar-refractivity contribution in [1.29, 1.82) is 0 Å². The summed E-state index contributed by atoms with van der Waals surface area (Å²) in [5.74, 6) is 3.10. The van der Waals surface area contributed by atoms with Crippen LogP contribution in [0.1, 0.15) is 11.1 Å². The van der Waals surface area contributed by atoms with Gasteiger partial charge in [0.2, 0.25) is 0 Å². The van der Waals surface area contributed by atoms with Crippen LogP contribution in [-0.2, 0) is 6.61 Å². The number of benzene rings is 1. The van der Waals surface area contributed by atoms with E-state index in [4.69, 9.17) is 16.7 Å². The summed E-state index contributed by atoms with van der Waals surface area (Å²) in [5.41, 5.74) is 4.92. The molecule has 1 aromatic rings. The summed E-state index contributed by atoms with van der Waals surface area (Å²) in [7, 11) is -1.35. The van der Waals surface area contributed by atoms with Crippen molar-refractivity contribution in [3.05, 3.63) is 34.3 Å². The van der Waals surface area contributed by atoms with Crippen molar-refractivity contribution in [2.75, 3.05) is 0 Å². The summed E-state index contributed by atoms with van der Waals surface area (Å²) in [5, 5.41) is 9.54. The van der Waals surface area contributed by atoms with Crippen molar-refractivity contribution >= 4 is 19.7 Å². The molecule has 0 spiro atoms. The quantitative estimate of drug-likeness (QED) is 0.589. The first-order valence-corrected chi connectivity index (χ1v) is 8.72. The minimum absolute atomic E-state index is 0.0153. The summed E-state index contributed by atoms with van der Waals surface area (Å²) >= 11 is 6.04. The highest BCUT2D eigenvalue weighted by molar-refractivity contribution is 6.83. The summed E-state index contributed by atoms with van der Waals surface area (Å²) in [6.45, 7) is 6.59. The van der Waals surface area contributed by atoms with E-state index in [9.17, 15) is 0 Å². The van der Waals surface area contributed by atoms with Gasteiger partial charge in [-0.3, -0.25) is 0 Å². The van der Waals surface area contributed by atoms with Gasteiger partial charge >= 0.3 is 0 Å². The van der Waals surface area contributed by atoms with Gasteiger partial charge in [0.25, 0.3) is 0 Å². The van der Waals surface area contributed by atoms with Gasteiger partial charge in [0.1, 0.15) is 8.07 Å². The van der Waals surface area contributed by atoms with Gasteiger partial charge < -0.3 is 5.11 Å². The molecule has 80 valence electrons. The number of halogens is 1. The maximum Gasteiger partial charge on any atom is 0.129 e. The van der Waals surface area contributed by atoms with E-state index in [1.807, 2.05) is 12.1 Å². The van der Waals surface area contributed by atoms with Gasteiger partial charge in [-0.1, -0.05) is 43.2 Å². The third-order valence-electron chi connectivity index (χ3n) is 1.79. The summed E-state index contributed by atoms with van der Waals surface area (Å²) in [4.78, 5) is 0. The molecule has 1 nitrogen and oxygen atoms in total. The Balaban J connectivity index is 3.01. The fourth-order valence-electron chi connectivity index (χ4n) is 1.01. The lowest BCUT2D eigenvalue weighted by Crippen LogP contribution is -2.16. The summed E-state index contributed by atoms with van der Waals surface area (Å²) < 4.78 is 0. The smallest absolute Gasteiger partial charge is 0.129 e. The molecule has 0 amide bonds. The zero-order chi connectivity index (χ0) is 11.5. The first-order valence-electron chi connectivity index (χ1n) is 4.85. The fourth-order valence-corrected chi connectivity index (χ4v) is 1.77. The predicted octanol–water partition coefficient (Wildman–Crippen LogP) is 3.06. The van der Waals surface area contributed by atoms with Gasteiger partial charge in [-0.25, -0.2) is 0 Å². The average molecular weight is 239 g/mol. The summed E-state index contributed by atoms with van der Waals surface area (Å²) in [6.07, 6.45) is 0. The number of hydrogen-bond acceptors (Lipinski definition) is 1. The monoisotopic (exact) mass is 238 g/mol. The topological polar surface area (TPSA) is 20.2 Å². The molecule has 3 heteroatoms. The van der Waals surface area contributed by atoms with Gasteiger partial charge in [0.05, 0.1) is 11.6 Å². The van der Waals surface area contributed by atoms with Crippen molar-refractivity contribution < 1.29 is 5.11 Å². The van der Waals surface area contributed by atoms with Crippen LogP contribution in [0.15, 0.2) is 18.2 Å². The largest absolute Gasteiger partial charge is 0.392 e. The van der Waals surface area contributed by atoms with E-state index < -0.39 is 8.07 Å². The molecule has 15 heavy (non-hydrogen) atoms. The van der Waals surface area contributed by atoms with Gasteiger partial charge in [0, 0.05) is 5.56 Å². The first kappa shape index (κ1) is 12.3. The molecule has 0 saturated heterocycles. The van der Waals surface area contributed by atoms with E-state index in [1.54, 1.807) is 6.07 Å². The molecule has 0 bridgehead atoms. The van der Waals surface area contributed by atoms with Crippen molar-refractivity contribution in [3.8, 4) is 11.5 Å². The SMILES string of the molecule is C[Si](C)(C)C#Cc1ccc(CO)cc1Cl. The lowest BCUT2D eigenvalue weighted by molar-refractivity contribution is 0.282. The van der Waals surface area contributed by atoms with Gasteiger partial charge in [0.15, 0.2) is 0 Å². The number of rotatable bonds is 1. The van der Waals surface area contributed by atoms with Crippen LogP contribution in [0, 0.1) is 11.5 Å². The van der Waals surface area contributed by atoms with Crippen LogP contribution in [0.2, 0.25) is 24.7 Å². The molecule has 1 rings (SSSR count). The van der Waals surface area contributed by atoms with E-state index in [-0.39, 0.29) is 6.61 Å². The van der Waals surface area contributed by atoms with Crippen LogP contribution in [0.25, 0.3) is 0 Å². The van der Waals surface area contributed by atoms with Gasteiger partial charge in [-0.2, -0.15) is 0 Å². The maximum absolute atomic E-state index is 8.92. The Hall–Kier alpha value is -0.753. The molecular formula is C12H15ClOSi. The van der Waals surface area contributed by atoms with Crippen molar-refractivity contribution in [2.24, 2.45) is 0 Å². The fraction of sp³-hybridized carbons (Fsp3) is 0.333. The van der Waals surface area contributed by atoms with E-state index in [0.717, 1.165) is 11.1 Å². The molecule has 0 heterocycles. The number of aliphatic hydroxyl groups excluding tert-OH is 1. The predicted molar refractivity (Wildman–Crippen MR) is 67.6 cm³/mol. The third-order valence-corrected chi connectivity index (χ3v) is 2.98. The Morgan fingerprint density at radius 3 is 2.47 bits per heavy atom. The highest BCUT2D eigenvalue weighted by Crippen LogP contribution is 2.17. The van der Waals surface area contributed by atoms with Gasteiger partial charge in [-0.15, -0.1) is 5.54 Å². The van der Waals surface area contributed by atoms with Gasteiger partial charge in [-0.05, 0) is 17.7 Å². The standard InChI is InChI=1S/C12H15ClOSi/c1-15(2,3)7-6-11-5-4-10(9-14)8-12(11)13/h4-5,8,14H,9H2,1-3H3. The average Bonchev–Trinajstić information content (AvgIpc) is 2.14. The molecule has 0 aromatic heterocycles. The molecule has 0 saturated carbocycles. The van der Waals surface area contributed by atoms with Crippen LogP contribution in [-0.4, -0.2) is 13.2 Å². The zero-order valence-electron chi connectivity index (χ0n) is 9.26. The van der Waals surface area contributed by atoms with Crippen LogP contribution in [0.5, 0.6) is 0 Å². The second-order valence-corrected chi connectivity index (χ2v) is 9.63. The molecule has 1 N–H and O–H groups in total. The number of aliphatic hydroxyl groups is 1. The Labute approximate surface area is 97.1 Å². The Morgan fingerprint density at radius 1 is 1.33 bits per heavy atom. The lowest BCUT2D eigenvalue weighted by atomic mass is 10.1. The highest BCUT2D eigenvalue weighted by Gasteiger charge is 2.08. The maximum atomic E-state index is 8.92. The van der Waals surface area contributed by atoms with Crippen molar-refractivity contribution in [3.63, 3.8) is 0 Å². The molecule has 0 fully saturated rings. The molecule has 0 aliphatic carbocycles. The Kier molecular flexibility index (Phi) is 3.98. The molecule has 0 aliphatic rings. The van der Waals surface area contributed by atoms with Crippen molar-refractivity contribution in [2.45, 2.75) is 26.2 Å². The molecule has 0 aliphatic heterocycles.